The maximum Gasteiger partial charge on any atom is 0.343 e. The highest BCUT2D eigenvalue weighted by Gasteiger charge is 2.39. The van der Waals surface area contributed by atoms with Gasteiger partial charge < -0.3 is 9.52 Å². The molecule has 1 atom stereocenters. The Kier molecular flexibility index (Phi) is 5.15. The predicted octanol–water partition coefficient (Wildman–Crippen LogP) is 4.97. The lowest BCUT2D eigenvalue weighted by molar-refractivity contribution is 0.0970. The van der Waals surface area contributed by atoms with E-state index in [2.05, 4.69) is 0 Å². The first-order valence-electron chi connectivity index (χ1n) is 10.1. The van der Waals surface area contributed by atoms with Crippen LogP contribution in [0.1, 0.15) is 84.5 Å². The Morgan fingerprint density at radius 3 is 2.30 bits per heavy atom. The van der Waals surface area contributed by atoms with E-state index in [1.54, 1.807) is 0 Å². The molecule has 2 aliphatic carbocycles. The van der Waals surface area contributed by atoms with Crippen LogP contribution in [0.5, 0.6) is 5.75 Å². The van der Waals surface area contributed by atoms with E-state index in [1.165, 1.54) is 0 Å². The Bertz CT molecular complexity index is 877. The Hall–Kier alpha value is -2.36. The number of Topliss-reactive ketones (excluding diaryl/α,β-unsaturated/α-hetero) is 1. The van der Waals surface area contributed by atoms with E-state index in [4.69, 9.17) is 4.42 Å². The number of carbonyl (C=O) groups is 1. The van der Waals surface area contributed by atoms with Crippen molar-refractivity contribution in [3.8, 4) is 5.75 Å². The molecule has 4 rings (SSSR count). The van der Waals surface area contributed by atoms with Crippen LogP contribution in [0.2, 0.25) is 0 Å². The molecule has 0 amide bonds. The number of rotatable bonds is 3. The lowest BCUT2D eigenvalue weighted by atomic mass is 9.85. The van der Waals surface area contributed by atoms with Crippen LogP contribution in [0.25, 0.3) is 0 Å². The lowest BCUT2D eigenvalue weighted by Gasteiger charge is -2.20. The zero-order valence-corrected chi connectivity index (χ0v) is 15.6. The summed E-state index contributed by atoms with van der Waals surface area (Å²) in [5.74, 6) is 0.241. The smallest absolute Gasteiger partial charge is 0.343 e. The van der Waals surface area contributed by atoms with Crippen LogP contribution in [0, 0.1) is 5.92 Å². The SMILES string of the molecule is O=C1CCCCCCCc2oc(=O)c(C(c3ccccc3)C3CC3)c(O)c21. The second-order valence-electron chi connectivity index (χ2n) is 7.87. The summed E-state index contributed by atoms with van der Waals surface area (Å²) in [5.41, 5.74) is 1.03. The van der Waals surface area contributed by atoms with Crippen LogP contribution >= 0.6 is 0 Å². The number of aromatic hydroxyl groups is 1. The van der Waals surface area contributed by atoms with Crippen molar-refractivity contribution < 1.29 is 14.3 Å². The van der Waals surface area contributed by atoms with E-state index in [0.29, 0.717) is 24.5 Å². The quantitative estimate of drug-likeness (QED) is 0.833. The summed E-state index contributed by atoms with van der Waals surface area (Å²) in [6.07, 6.45) is 7.82. The molecular formula is C23H26O4. The Morgan fingerprint density at radius 2 is 1.59 bits per heavy atom. The first-order chi connectivity index (χ1) is 13.2. The van der Waals surface area contributed by atoms with Gasteiger partial charge >= 0.3 is 5.63 Å². The lowest BCUT2D eigenvalue weighted by Crippen LogP contribution is -2.20. The van der Waals surface area contributed by atoms with Gasteiger partial charge in [-0.25, -0.2) is 4.79 Å². The zero-order valence-electron chi connectivity index (χ0n) is 15.6. The maximum atomic E-state index is 12.9. The molecule has 27 heavy (non-hydrogen) atoms. The van der Waals surface area contributed by atoms with Gasteiger partial charge in [0.1, 0.15) is 11.5 Å². The molecule has 142 valence electrons. The molecule has 1 aromatic heterocycles. The molecule has 1 aromatic carbocycles. The molecule has 4 nitrogen and oxygen atoms in total. The third-order valence-electron chi connectivity index (χ3n) is 5.86. The van der Waals surface area contributed by atoms with Gasteiger partial charge in [0.25, 0.3) is 0 Å². The van der Waals surface area contributed by atoms with Gasteiger partial charge in [0.05, 0.1) is 11.1 Å². The molecule has 4 heteroatoms. The third-order valence-corrected chi connectivity index (χ3v) is 5.86. The average molecular weight is 366 g/mol. The third kappa shape index (κ3) is 3.71. The van der Waals surface area contributed by atoms with Crippen molar-refractivity contribution in [2.45, 2.75) is 63.7 Å². The fraction of sp³-hybridized carbons (Fsp3) is 0.478. The number of fused-ring (bicyclic) bond motifs is 1. The summed E-state index contributed by atoms with van der Waals surface area (Å²) in [7, 11) is 0. The number of benzene rings is 1. The van der Waals surface area contributed by atoms with Gasteiger partial charge in [0.15, 0.2) is 5.78 Å². The summed E-state index contributed by atoms with van der Waals surface area (Å²) < 4.78 is 5.66. The van der Waals surface area contributed by atoms with Gasteiger partial charge in [-0.1, -0.05) is 49.6 Å². The van der Waals surface area contributed by atoms with Gasteiger partial charge in [-0.2, -0.15) is 0 Å². The fourth-order valence-electron chi connectivity index (χ4n) is 4.31. The van der Waals surface area contributed by atoms with Gasteiger partial charge in [-0.3, -0.25) is 4.79 Å². The highest BCUT2D eigenvalue weighted by atomic mass is 16.4. The standard InChI is InChI=1S/C23H26O4/c24-17-11-7-2-1-3-8-12-18-20(17)22(25)21(23(26)27-18)19(16-13-14-16)15-9-5-4-6-10-15/h4-6,9-10,16,19,25H,1-3,7-8,11-14H2. The minimum Gasteiger partial charge on any atom is -0.506 e. The summed E-state index contributed by atoms with van der Waals surface area (Å²) in [6, 6.07) is 9.78. The molecular weight excluding hydrogens is 340 g/mol. The van der Waals surface area contributed by atoms with Crippen molar-refractivity contribution in [3.05, 3.63) is 63.2 Å². The van der Waals surface area contributed by atoms with Gasteiger partial charge in [0.2, 0.25) is 0 Å². The van der Waals surface area contributed by atoms with E-state index in [9.17, 15) is 14.7 Å². The molecule has 2 aliphatic rings. The minimum absolute atomic E-state index is 0.1000. The molecule has 1 saturated carbocycles. The van der Waals surface area contributed by atoms with Gasteiger partial charge in [-0.15, -0.1) is 0 Å². The van der Waals surface area contributed by atoms with Crippen LogP contribution < -0.4 is 5.63 Å². The molecule has 1 unspecified atom stereocenters. The van der Waals surface area contributed by atoms with Crippen molar-refractivity contribution in [1.82, 2.24) is 0 Å². The molecule has 1 fully saturated rings. The molecule has 0 bridgehead atoms. The molecule has 1 N–H and O–H groups in total. The summed E-state index contributed by atoms with van der Waals surface area (Å²) >= 11 is 0. The van der Waals surface area contributed by atoms with Crippen LogP contribution in [0.3, 0.4) is 0 Å². The summed E-state index contributed by atoms with van der Waals surface area (Å²) in [6.45, 7) is 0. The van der Waals surface area contributed by atoms with Crippen LogP contribution in [0.4, 0.5) is 0 Å². The minimum atomic E-state index is -0.489. The van der Waals surface area contributed by atoms with Crippen molar-refractivity contribution in [3.63, 3.8) is 0 Å². The number of ketones is 1. The van der Waals surface area contributed by atoms with Crippen molar-refractivity contribution in [2.24, 2.45) is 5.92 Å². The van der Waals surface area contributed by atoms with Crippen LogP contribution in [-0.4, -0.2) is 10.9 Å². The molecule has 0 aliphatic heterocycles. The summed E-state index contributed by atoms with van der Waals surface area (Å²) in [4.78, 5) is 25.7. The second-order valence-corrected chi connectivity index (χ2v) is 7.87. The normalized spacial score (nSPS) is 19.3. The van der Waals surface area contributed by atoms with E-state index < -0.39 is 5.63 Å². The van der Waals surface area contributed by atoms with E-state index in [0.717, 1.165) is 50.5 Å². The largest absolute Gasteiger partial charge is 0.506 e. The number of hydrogen-bond donors (Lipinski definition) is 1. The van der Waals surface area contributed by atoms with E-state index >= 15 is 0 Å². The van der Waals surface area contributed by atoms with Crippen molar-refractivity contribution in [1.29, 1.82) is 0 Å². The monoisotopic (exact) mass is 366 g/mol. The van der Waals surface area contributed by atoms with Crippen LogP contribution in [0.15, 0.2) is 39.5 Å². The first-order valence-corrected chi connectivity index (χ1v) is 10.1. The van der Waals surface area contributed by atoms with Crippen LogP contribution in [-0.2, 0) is 6.42 Å². The average Bonchev–Trinajstić information content (AvgIpc) is 3.49. The Balaban J connectivity index is 1.85. The highest BCUT2D eigenvalue weighted by Crippen LogP contribution is 2.48. The molecule has 0 spiro atoms. The number of aryl methyl sites for hydroxylation is 1. The van der Waals surface area contributed by atoms with E-state index in [-0.39, 0.29) is 28.6 Å². The Morgan fingerprint density at radius 1 is 0.926 bits per heavy atom. The number of carbonyl (C=O) groups excluding carboxylic acids is 1. The first kappa shape index (κ1) is 18.0. The van der Waals surface area contributed by atoms with Crippen molar-refractivity contribution >= 4 is 5.78 Å². The summed E-state index contributed by atoms with van der Waals surface area (Å²) in [5, 5.41) is 11.1. The second kappa shape index (κ2) is 7.71. The van der Waals surface area contributed by atoms with Crippen molar-refractivity contribution in [2.75, 3.05) is 0 Å². The highest BCUT2D eigenvalue weighted by molar-refractivity contribution is 5.99. The molecule has 0 saturated heterocycles. The Labute approximate surface area is 159 Å². The van der Waals surface area contributed by atoms with E-state index in [1.807, 2.05) is 30.3 Å². The zero-order chi connectivity index (χ0) is 18.8. The molecule has 1 heterocycles. The predicted molar refractivity (Wildman–Crippen MR) is 103 cm³/mol. The maximum absolute atomic E-state index is 12.9. The topological polar surface area (TPSA) is 67.5 Å². The van der Waals surface area contributed by atoms with Gasteiger partial charge in [0, 0.05) is 18.8 Å². The number of hydrogen-bond acceptors (Lipinski definition) is 4. The van der Waals surface area contributed by atoms with Gasteiger partial charge in [-0.05, 0) is 37.2 Å². The molecule has 0 radical (unpaired) electrons. The molecule has 2 aromatic rings. The fourth-order valence-corrected chi connectivity index (χ4v) is 4.31.